The second-order valence-electron chi connectivity index (χ2n) is 6.61. The van der Waals surface area contributed by atoms with Crippen molar-refractivity contribution in [2.24, 2.45) is 0 Å². The molecule has 0 unspecified atom stereocenters. The quantitative estimate of drug-likeness (QED) is 0.863. The number of anilines is 1. The molecule has 0 radical (unpaired) electrons. The molecule has 0 fully saturated rings. The zero-order chi connectivity index (χ0) is 18.1. The van der Waals surface area contributed by atoms with Gasteiger partial charge in [-0.25, -0.2) is 0 Å². The molecule has 0 saturated heterocycles. The predicted molar refractivity (Wildman–Crippen MR) is 99.9 cm³/mol. The summed E-state index contributed by atoms with van der Waals surface area (Å²) in [6.45, 7) is 7.72. The highest BCUT2D eigenvalue weighted by Crippen LogP contribution is 2.32. The molecule has 0 spiro atoms. The van der Waals surface area contributed by atoms with Crippen LogP contribution in [-0.4, -0.2) is 22.8 Å². The fourth-order valence-corrected chi connectivity index (χ4v) is 2.96. The van der Waals surface area contributed by atoms with Crippen molar-refractivity contribution in [1.82, 2.24) is 4.90 Å². The van der Waals surface area contributed by atoms with E-state index < -0.39 is 0 Å². The number of hydrogen-bond donors (Lipinski definition) is 1. The molecule has 0 aromatic heterocycles. The maximum Gasteiger partial charge on any atom is 0.278 e. The number of carbonyl (C=O) groups is 2. The first kappa shape index (κ1) is 17.0. The highest BCUT2D eigenvalue weighted by atomic mass is 16.2. The molecule has 4 nitrogen and oxygen atoms in total. The minimum atomic E-state index is -0.280. The molecule has 1 aliphatic rings. The highest BCUT2D eigenvalue weighted by Gasteiger charge is 2.40. The first-order chi connectivity index (χ1) is 11.9. The lowest BCUT2D eigenvalue weighted by Gasteiger charge is -2.19. The third kappa shape index (κ3) is 3.07. The van der Waals surface area contributed by atoms with Crippen molar-refractivity contribution < 1.29 is 9.59 Å². The van der Waals surface area contributed by atoms with Crippen molar-refractivity contribution in [1.29, 1.82) is 0 Å². The van der Waals surface area contributed by atoms with Gasteiger partial charge in [0.25, 0.3) is 11.8 Å². The Balaban J connectivity index is 2.13. The third-order valence-electron chi connectivity index (χ3n) is 4.47. The van der Waals surface area contributed by atoms with Gasteiger partial charge in [0, 0.05) is 11.7 Å². The molecule has 2 aromatic rings. The van der Waals surface area contributed by atoms with Crippen LogP contribution in [0.1, 0.15) is 30.5 Å². The molecule has 1 N–H and O–H groups in total. The Morgan fingerprint density at radius 1 is 0.880 bits per heavy atom. The average molecular weight is 334 g/mol. The summed E-state index contributed by atoms with van der Waals surface area (Å²) in [5, 5.41) is 3.16. The highest BCUT2D eigenvalue weighted by molar-refractivity contribution is 6.36. The largest absolute Gasteiger partial charge is 0.350 e. The van der Waals surface area contributed by atoms with Crippen molar-refractivity contribution in [3.8, 4) is 0 Å². The monoisotopic (exact) mass is 334 g/mol. The van der Waals surface area contributed by atoms with Gasteiger partial charge >= 0.3 is 0 Å². The van der Waals surface area contributed by atoms with E-state index in [0.29, 0.717) is 11.3 Å². The summed E-state index contributed by atoms with van der Waals surface area (Å²) < 4.78 is 0. The Kier molecular flexibility index (Phi) is 4.45. The Morgan fingerprint density at radius 2 is 1.56 bits per heavy atom. The van der Waals surface area contributed by atoms with Crippen LogP contribution in [0.5, 0.6) is 0 Å². The molecule has 2 aromatic carbocycles. The van der Waals surface area contributed by atoms with E-state index >= 15 is 0 Å². The number of carbonyl (C=O) groups excluding carboxylic acids is 2. The van der Waals surface area contributed by atoms with Crippen LogP contribution in [0.2, 0.25) is 0 Å². The average Bonchev–Trinajstić information content (AvgIpc) is 2.82. The van der Waals surface area contributed by atoms with Crippen LogP contribution in [0, 0.1) is 13.8 Å². The van der Waals surface area contributed by atoms with Crippen molar-refractivity contribution in [3.63, 3.8) is 0 Å². The summed E-state index contributed by atoms with van der Waals surface area (Å²) in [4.78, 5) is 27.2. The topological polar surface area (TPSA) is 49.4 Å². The van der Waals surface area contributed by atoms with Gasteiger partial charge in [-0.1, -0.05) is 36.4 Å². The van der Waals surface area contributed by atoms with E-state index in [4.69, 9.17) is 0 Å². The third-order valence-corrected chi connectivity index (χ3v) is 4.47. The molecule has 4 heteroatoms. The number of amides is 2. The standard InChI is InChI=1S/C21H22N2O2/c1-13(2)23-20(24)18(16-11-10-14(3)15(4)12-16)19(21(23)25)22-17-8-6-5-7-9-17/h5-13,22H,1-4H3. The number of aryl methyl sites for hydroxylation is 2. The Labute approximate surface area is 148 Å². The molecule has 0 aliphatic carbocycles. The summed E-state index contributed by atoms with van der Waals surface area (Å²) in [5.41, 5.74) is 4.57. The van der Waals surface area contributed by atoms with Crippen molar-refractivity contribution in [2.75, 3.05) is 5.32 Å². The molecule has 128 valence electrons. The molecular formula is C21H22N2O2. The van der Waals surface area contributed by atoms with Crippen molar-refractivity contribution in [2.45, 2.75) is 33.7 Å². The number of imide groups is 1. The van der Waals surface area contributed by atoms with E-state index in [1.54, 1.807) is 0 Å². The number of nitrogens with one attached hydrogen (secondary N) is 1. The van der Waals surface area contributed by atoms with Crippen LogP contribution in [0.4, 0.5) is 5.69 Å². The molecule has 1 aliphatic heterocycles. The normalized spacial score (nSPS) is 14.7. The van der Waals surface area contributed by atoms with Gasteiger partial charge in [-0.3, -0.25) is 14.5 Å². The maximum atomic E-state index is 13.0. The van der Waals surface area contributed by atoms with Gasteiger partial charge in [-0.15, -0.1) is 0 Å². The summed E-state index contributed by atoms with van der Waals surface area (Å²) in [5.74, 6) is -0.529. The van der Waals surface area contributed by atoms with Crippen molar-refractivity contribution >= 4 is 23.1 Å². The van der Waals surface area contributed by atoms with Gasteiger partial charge < -0.3 is 5.32 Å². The maximum absolute atomic E-state index is 13.0. The summed E-state index contributed by atoms with van der Waals surface area (Å²) in [6, 6.07) is 15.1. The predicted octanol–water partition coefficient (Wildman–Crippen LogP) is 3.90. The van der Waals surface area contributed by atoms with E-state index in [2.05, 4.69) is 5.32 Å². The molecule has 0 atom stereocenters. The van der Waals surface area contributed by atoms with Gasteiger partial charge in [0.15, 0.2) is 0 Å². The number of hydrogen-bond acceptors (Lipinski definition) is 3. The minimum absolute atomic E-state index is 0.198. The lowest BCUT2D eigenvalue weighted by molar-refractivity contribution is -0.138. The molecule has 25 heavy (non-hydrogen) atoms. The number of benzene rings is 2. The number of nitrogens with zero attached hydrogens (tertiary/aromatic N) is 1. The Morgan fingerprint density at radius 3 is 2.16 bits per heavy atom. The molecule has 0 bridgehead atoms. The summed E-state index contributed by atoms with van der Waals surface area (Å²) >= 11 is 0. The second-order valence-corrected chi connectivity index (χ2v) is 6.61. The lowest BCUT2D eigenvalue weighted by Crippen LogP contribution is -2.38. The van der Waals surface area contributed by atoms with Crippen LogP contribution in [-0.2, 0) is 9.59 Å². The number of rotatable bonds is 4. The zero-order valence-corrected chi connectivity index (χ0v) is 15.0. The second kappa shape index (κ2) is 6.55. The summed E-state index contributed by atoms with van der Waals surface area (Å²) in [7, 11) is 0. The lowest BCUT2D eigenvalue weighted by atomic mass is 9.99. The van der Waals surface area contributed by atoms with Crippen LogP contribution < -0.4 is 5.32 Å². The van der Waals surface area contributed by atoms with Crippen LogP contribution >= 0.6 is 0 Å². The van der Waals surface area contributed by atoms with Crippen LogP contribution in [0.3, 0.4) is 0 Å². The van der Waals surface area contributed by atoms with E-state index in [-0.39, 0.29) is 17.9 Å². The van der Waals surface area contributed by atoms with E-state index in [1.807, 2.05) is 76.2 Å². The van der Waals surface area contributed by atoms with E-state index in [0.717, 1.165) is 22.4 Å². The smallest absolute Gasteiger partial charge is 0.278 e. The molecular weight excluding hydrogens is 312 g/mol. The first-order valence-electron chi connectivity index (χ1n) is 8.42. The van der Waals surface area contributed by atoms with E-state index in [1.165, 1.54) is 4.90 Å². The Hall–Kier alpha value is -2.88. The SMILES string of the molecule is Cc1ccc(C2=C(Nc3ccccc3)C(=O)N(C(C)C)C2=O)cc1C. The van der Waals surface area contributed by atoms with E-state index in [9.17, 15) is 9.59 Å². The van der Waals surface area contributed by atoms with Gasteiger partial charge in [-0.05, 0) is 56.5 Å². The fraction of sp³-hybridized carbons (Fsp3) is 0.238. The van der Waals surface area contributed by atoms with Gasteiger partial charge in [0.1, 0.15) is 5.70 Å². The van der Waals surface area contributed by atoms with Crippen molar-refractivity contribution in [3.05, 3.63) is 70.9 Å². The first-order valence-corrected chi connectivity index (χ1v) is 8.42. The van der Waals surface area contributed by atoms with Gasteiger partial charge in [-0.2, -0.15) is 0 Å². The minimum Gasteiger partial charge on any atom is -0.350 e. The molecule has 3 rings (SSSR count). The molecule has 0 saturated carbocycles. The van der Waals surface area contributed by atoms with Crippen LogP contribution in [0.25, 0.3) is 5.57 Å². The summed E-state index contributed by atoms with van der Waals surface area (Å²) in [6.07, 6.45) is 0. The molecule has 2 amide bonds. The number of para-hydroxylation sites is 1. The fourth-order valence-electron chi connectivity index (χ4n) is 2.96. The zero-order valence-electron chi connectivity index (χ0n) is 15.0. The Bertz CT molecular complexity index is 867. The van der Waals surface area contributed by atoms with Gasteiger partial charge in [0.2, 0.25) is 0 Å². The van der Waals surface area contributed by atoms with Crippen LogP contribution in [0.15, 0.2) is 54.2 Å². The molecule has 1 heterocycles. The van der Waals surface area contributed by atoms with Gasteiger partial charge in [0.05, 0.1) is 5.57 Å².